The van der Waals surface area contributed by atoms with Crippen LogP contribution >= 0.6 is 27.5 Å². The van der Waals surface area contributed by atoms with Crippen molar-refractivity contribution in [3.05, 3.63) is 33.3 Å². The number of aliphatic hydroxyl groups is 1. The lowest BCUT2D eigenvalue weighted by Crippen LogP contribution is -2.25. The fraction of sp³-hybridized carbons (Fsp3) is 0.400. The van der Waals surface area contributed by atoms with E-state index >= 15 is 0 Å². The quantitative estimate of drug-likeness (QED) is 0.893. The van der Waals surface area contributed by atoms with Crippen LogP contribution in [0.3, 0.4) is 0 Å². The lowest BCUT2D eigenvalue weighted by Gasteiger charge is -2.18. The fourth-order valence-electron chi connectivity index (χ4n) is 1.23. The summed E-state index contributed by atoms with van der Waals surface area (Å²) in [5.41, 5.74) is 6.64. The molecule has 0 saturated carbocycles. The van der Waals surface area contributed by atoms with E-state index in [0.29, 0.717) is 11.4 Å². The monoisotopic (exact) mass is 277 g/mol. The molecule has 2 atom stereocenters. The molecule has 0 aliphatic heterocycles. The minimum atomic E-state index is -0.554. The first-order valence-electron chi connectivity index (χ1n) is 4.44. The van der Waals surface area contributed by atoms with Crippen LogP contribution in [0.2, 0.25) is 5.02 Å². The van der Waals surface area contributed by atoms with Crippen molar-refractivity contribution in [2.45, 2.75) is 25.5 Å². The minimum absolute atomic E-state index is 0.426. The van der Waals surface area contributed by atoms with E-state index in [9.17, 15) is 5.11 Å². The van der Waals surface area contributed by atoms with Gasteiger partial charge in [-0.1, -0.05) is 34.5 Å². The van der Waals surface area contributed by atoms with Gasteiger partial charge in [-0.3, -0.25) is 0 Å². The highest BCUT2D eigenvalue weighted by Gasteiger charge is 2.17. The molecule has 1 rings (SSSR count). The third-order valence-corrected chi connectivity index (χ3v) is 2.99. The van der Waals surface area contributed by atoms with E-state index in [2.05, 4.69) is 15.9 Å². The molecule has 0 spiro atoms. The molecule has 4 heteroatoms. The third kappa shape index (κ3) is 2.70. The van der Waals surface area contributed by atoms with Crippen molar-refractivity contribution in [1.82, 2.24) is 0 Å². The molecule has 0 aliphatic carbocycles. The van der Waals surface area contributed by atoms with E-state index in [1.165, 1.54) is 0 Å². The van der Waals surface area contributed by atoms with Crippen LogP contribution in [-0.2, 0) is 0 Å². The van der Waals surface area contributed by atoms with E-state index in [4.69, 9.17) is 17.3 Å². The number of rotatable bonds is 3. The zero-order valence-corrected chi connectivity index (χ0v) is 10.2. The number of hydrogen-bond donors (Lipinski definition) is 2. The van der Waals surface area contributed by atoms with Crippen LogP contribution < -0.4 is 5.73 Å². The first-order chi connectivity index (χ1) is 6.56. The summed E-state index contributed by atoms with van der Waals surface area (Å²) >= 11 is 9.32. The molecule has 0 unspecified atom stereocenters. The van der Waals surface area contributed by atoms with E-state index in [0.717, 1.165) is 10.0 Å². The molecule has 0 heterocycles. The van der Waals surface area contributed by atoms with Crippen molar-refractivity contribution in [3.8, 4) is 0 Å². The van der Waals surface area contributed by atoms with Gasteiger partial charge in [0.05, 0.1) is 12.1 Å². The van der Waals surface area contributed by atoms with Crippen LogP contribution in [0.1, 0.15) is 24.9 Å². The first-order valence-corrected chi connectivity index (χ1v) is 5.62. The molecular formula is C10H13BrClNO. The van der Waals surface area contributed by atoms with Crippen LogP contribution in [-0.4, -0.2) is 11.2 Å². The molecular weight excluding hydrogens is 265 g/mol. The average Bonchev–Trinajstić information content (AvgIpc) is 2.19. The highest BCUT2D eigenvalue weighted by molar-refractivity contribution is 9.10. The molecule has 1 aromatic rings. The van der Waals surface area contributed by atoms with Crippen molar-refractivity contribution in [3.63, 3.8) is 0 Å². The highest BCUT2D eigenvalue weighted by Crippen LogP contribution is 2.27. The number of halogens is 2. The van der Waals surface area contributed by atoms with Gasteiger partial charge in [0.2, 0.25) is 0 Å². The molecule has 0 aliphatic rings. The van der Waals surface area contributed by atoms with Gasteiger partial charge in [0.15, 0.2) is 0 Å². The number of aliphatic hydroxyl groups excluding tert-OH is 1. The second kappa shape index (κ2) is 5.12. The lowest BCUT2D eigenvalue weighted by molar-refractivity contribution is 0.141. The molecule has 0 fully saturated rings. The number of hydrogen-bond acceptors (Lipinski definition) is 2. The second-order valence-electron chi connectivity index (χ2n) is 3.17. The number of benzene rings is 1. The van der Waals surface area contributed by atoms with Gasteiger partial charge < -0.3 is 10.8 Å². The van der Waals surface area contributed by atoms with Gasteiger partial charge in [0, 0.05) is 9.50 Å². The molecule has 78 valence electrons. The molecule has 0 saturated heterocycles. The van der Waals surface area contributed by atoms with E-state index in [1.54, 1.807) is 6.07 Å². The van der Waals surface area contributed by atoms with E-state index in [1.807, 2.05) is 19.1 Å². The molecule has 1 aromatic carbocycles. The second-order valence-corrected chi connectivity index (χ2v) is 4.49. The van der Waals surface area contributed by atoms with Crippen molar-refractivity contribution in [2.24, 2.45) is 5.73 Å². The van der Waals surface area contributed by atoms with Crippen molar-refractivity contribution in [1.29, 1.82) is 0 Å². The van der Waals surface area contributed by atoms with E-state index in [-0.39, 0.29) is 0 Å². The van der Waals surface area contributed by atoms with Crippen LogP contribution in [0.25, 0.3) is 0 Å². The predicted molar refractivity (Wildman–Crippen MR) is 62.4 cm³/mol. The van der Waals surface area contributed by atoms with Gasteiger partial charge in [-0.2, -0.15) is 0 Å². The third-order valence-electron chi connectivity index (χ3n) is 2.15. The highest BCUT2D eigenvalue weighted by atomic mass is 79.9. The Balaban J connectivity index is 2.99. The molecule has 14 heavy (non-hydrogen) atoms. The maximum Gasteiger partial charge on any atom is 0.0730 e. The zero-order valence-electron chi connectivity index (χ0n) is 7.87. The average molecular weight is 279 g/mol. The Labute approximate surface area is 97.2 Å². The Morgan fingerprint density at radius 2 is 2.21 bits per heavy atom. The van der Waals surface area contributed by atoms with Gasteiger partial charge >= 0.3 is 0 Å². The van der Waals surface area contributed by atoms with Crippen LogP contribution in [0.15, 0.2) is 22.7 Å². The van der Waals surface area contributed by atoms with Crippen LogP contribution in [0, 0.1) is 0 Å². The summed E-state index contributed by atoms with van der Waals surface area (Å²) in [7, 11) is 0. The summed E-state index contributed by atoms with van der Waals surface area (Å²) in [6.45, 7) is 1.89. The Morgan fingerprint density at radius 1 is 1.57 bits per heavy atom. The van der Waals surface area contributed by atoms with Crippen molar-refractivity contribution < 1.29 is 5.11 Å². The maximum absolute atomic E-state index is 9.60. The molecule has 0 radical (unpaired) electrons. The van der Waals surface area contributed by atoms with Crippen LogP contribution in [0.4, 0.5) is 0 Å². The number of nitrogens with two attached hydrogens (primary N) is 1. The van der Waals surface area contributed by atoms with Crippen molar-refractivity contribution in [2.75, 3.05) is 0 Å². The SMILES string of the molecule is CC[C@@H](O)[C@@H](N)c1cc(Br)ccc1Cl. The smallest absolute Gasteiger partial charge is 0.0730 e. The van der Waals surface area contributed by atoms with Crippen LogP contribution in [0.5, 0.6) is 0 Å². The van der Waals surface area contributed by atoms with Gasteiger partial charge in [-0.05, 0) is 30.2 Å². The lowest BCUT2D eigenvalue weighted by atomic mass is 10.0. The van der Waals surface area contributed by atoms with Gasteiger partial charge in [0.1, 0.15) is 0 Å². The molecule has 2 nitrogen and oxygen atoms in total. The summed E-state index contributed by atoms with van der Waals surface area (Å²) in [6, 6.07) is 5.02. The maximum atomic E-state index is 9.60. The van der Waals surface area contributed by atoms with Gasteiger partial charge in [0.25, 0.3) is 0 Å². The predicted octanol–water partition coefficient (Wildman–Crippen LogP) is 2.87. The fourth-order valence-corrected chi connectivity index (χ4v) is 1.85. The Bertz CT molecular complexity index is 319. The summed E-state index contributed by atoms with van der Waals surface area (Å²) < 4.78 is 0.913. The van der Waals surface area contributed by atoms with E-state index < -0.39 is 12.1 Å². The normalized spacial score (nSPS) is 15.2. The summed E-state index contributed by atoms with van der Waals surface area (Å²) in [6.07, 6.45) is 0.0612. The summed E-state index contributed by atoms with van der Waals surface area (Å²) in [5, 5.41) is 10.2. The Morgan fingerprint density at radius 3 is 2.79 bits per heavy atom. The Kier molecular flexibility index (Phi) is 4.38. The standard InChI is InChI=1S/C10H13BrClNO/c1-2-9(14)10(13)7-5-6(11)3-4-8(7)12/h3-5,9-10,14H,2,13H2,1H3/t9-,10+/m1/s1. The largest absolute Gasteiger partial charge is 0.391 e. The Hall–Kier alpha value is -0.0900. The minimum Gasteiger partial charge on any atom is -0.391 e. The summed E-state index contributed by atoms with van der Waals surface area (Å²) in [4.78, 5) is 0. The van der Waals surface area contributed by atoms with Gasteiger partial charge in [-0.25, -0.2) is 0 Å². The van der Waals surface area contributed by atoms with Gasteiger partial charge in [-0.15, -0.1) is 0 Å². The zero-order chi connectivity index (χ0) is 10.7. The molecule has 0 bridgehead atoms. The molecule has 0 aromatic heterocycles. The van der Waals surface area contributed by atoms with Crippen molar-refractivity contribution >= 4 is 27.5 Å². The topological polar surface area (TPSA) is 46.2 Å². The molecule has 0 amide bonds. The summed E-state index contributed by atoms with van der Waals surface area (Å²) in [5.74, 6) is 0. The molecule has 3 N–H and O–H groups in total. The first kappa shape index (κ1) is 12.0.